The Balaban J connectivity index is 2.54. The molecule has 106 valence electrons. The van der Waals surface area contributed by atoms with E-state index in [0.717, 1.165) is 6.42 Å². The van der Waals surface area contributed by atoms with Gasteiger partial charge in [0.15, 0.2) is 10.8 Å². The van der Waals surface area contributed by atoms with Gasteiger partial charge in [-0.05, 0) is 38.6 Å². The Bertz CT molecular complexity index is 406. The largest absolute Gasteiger partial charge is 0.349 e. The Hall–Kier alpha value is -1.20. The minimum Gasteiger partial charge on any atom is -0.349 e. The second-order valence-corrected chi connectivity index (χ2v) is 5.59. The van der Waals surface area contributed by atoms with Gasteiger partial charge in [0, 0.05) is 12.6 Å². The molecule has 0 aliphatic heterocycles. The van der Waals surface area contributed by atoms with E-state index >= 15 is 0 Å². The lowest BCUT2D eigenvalue weighted by atomic mass is 10.0. The van der Waals surface area contributed by atoms with Gasteiger partial charge in [0.1, 0.15) is 0 Å². The maximum Gasteiger partial charge on any atom is 0.271 e. The molecule has 1 amide bonds. The third-order valence-electron chi connectivity index (χ3n) is 2.84. The van der Waals surface area contributed by atoms with E-state index in [1.807, 2.05) is 14.1 Å². The van der Waals surface area contributed by atoms with Gasteiger partial charge in [0.2, 0.25) is 0 Å². The molecule has 1 N–H and O–H groups in total. The second-order valence-electron chi connectivity index (χ2n) is 5.20. The van der Waals surface area contributed by atoms with Gasteiger partial charge in [-0.25, -0.2) is 0 Å². The van der Waals surface area contributed by atoms with Gasteiger partial charge in [-0.15, -0.1) is 10.2 Å². The first-order valence-corrected chi connectivity index (χ1v) is 6.71. The summed E-state index contributed by atoms with van der Waals surface area (Å²) in [7, 11) is 4.03. The SMILES string of the molecule is CC(C)CC(CNC(=O)c1ccc(Cl)nn1)N(C)C. The Labute approximate surface area is 119 Å². The number of rotatable bonds is 6. The van der Waals surface area contributed by atoms with Crippen LogP contribution in [0.15, 0.2) is 12.1 Å². The molecule has 0 radical (unpaired) electrons. The van der Waals surface area contributed by atoms with E-state index in [9.17, 15) is 4.79 Å². The summed E-state index contributed by atoms with van der Waals surface area (Å²) in [6.07, 6.45) is 1.03. The Kier molecular flexibility index (Phi) is 6.18. The van der Waals surface area contributed by atoms with Crippen molar-refractivity contribution in [2.75, 3.05) is 20.6 Å². The quantitative estimate of drug-likeness (QED) is 0.866. The molecule has 1 aromatic rings. The van der Waals surface area contributed by atoms with Crippen LogP contribution in [0.2, 0.25) is 5.15 Å². The van der Waals surface area contributed by atoms with Crippen LogP contribution in [0.4, 0.5) is 0 Å². The molecule has 1 unspecified atom stereocenters. The highest BCUT2D eigenvalue weighted by molar-refractivity contribution is 6.29. The van der Waals surface area contributed by atoms with Crippen LogP contribution >= 0.6 is 11.6 Å². The van der Waals surface area contributed by atoms with Gasteiger partial charge < -0.3 is 10.2 Å². The Morgan fingerprint density at radius 1 is 1.37 bits per heavy atom. The van der Waals surface area contributed by atoms with E-state index in [1.165, 1.54) is 0 Å². The third kappa shape index (κ3) is 5.53. The molecular weight excluding hydrogens is 264 g/mol. The molecule has 0 bridgehead atoms. The first-order chi connectivity index (χ1) is 8.90. The third-order valence-corrected chi connectivity index (χ3v) is 3.04. The lowest BCUT2D eigenvalue weighted by Gasteiger charge is -2.26. The molecule has 0 aliphatic carbocycles. The van der Waals surface area contributed by atoms with Crippen LogP contribution in [0.3, 0.4) is 0 Å². The van der Waals surface area contributed by atoms with E-state index in [4.69, 9.17) is 11.6 Å². The lowest BCUT2D eigenvalue weighted by molar-refractivity contribution is 0.0932. The molecule has 0 fully saturated rings. The normalized spacial score (nSPS) is 12.8. The van der Waals surface area contributed by atoms with Gasteiger partial charge >= 0.3 is 0 Å². The van der Waals surface area contributed by atoms with Crippen molar-refractivity contribution in [2.45, 2.75) is 26.3 Å². The second kappa shape index (κ2) is 7.40. The van der Waals surface area contributed by atoms with Crippen LogP contribution in [-0.2, 0) is 0 Å². The number of likely N-dealkylation sites (N-methyl/N-ethyl adjacent to an activating group) is 1. The van der Waals surface area contributed by atoms with Gasteiger partial charge in [-0.1, -0.05) is 25.4 Å². The molecule has 0 spiro atoms. The number of hydrogen-bond donors (Lipinski definition) is 1. The topological polar surface area (TPSA) is 58.1 Å². The predicted molar refractivity (Wildman–Crippen MR) is 76.3 cm³/mol. The summed E-state index contributed by atoms with van der Waals surface area (Å²) in [5.74, 6) is 0.361. The minimum absolute atomic E-state index is 0.222. The number of carbonyl (C=O) groups excluding carboxylic acids is 1. The molecule has 1 aromatic heterocycles. The molecule has 5 nitrogen and oxygen atoms in total. The zero-order chi connectivity index (χ0) is 14.4. The van der Waals surface area contributed by atoms with Crippen LogP contribution in [0.1, 0.15) is 30.8 Å². The molecule has 6 heteroatoms. The van der Waals surface area contributed by atoms with E-state index in [0.29, 0.717) is 18.5 Å². The van der Waals surface area contributed by atoms with Gasteiger partial charge in [-0.2, -0.15) is 0 Å². The number of halogens is 1. The molecule has 0 aliphatic rings. The average Bonchev–Trinajstić information content (AvgIpc) is 2.34. The summed E-state index contributed by atoms with van der Waals surface area (Å²) in [6, 6.07) is 3.43. The zero-order valence-corrected chi connectivity index (χ0v) is 12.6. The van der Waals surface area contributed by atoms with Crippen molar-refractivity contribution in [1.82, 2.24) is 20.4 Å². The molecule has 19 heavy (non-hydrogen) atoms. The lowest BCUT2D eigenvalue weighted by Crippen LogP contribution is -2.41. The average molecular weight is 285 g/mol. The summed E-state index contributed by atoms with van der Waals surface area (Å²) in [6.45, 7) is 4.93. The van der Waals surface area contributed by atoms with Gasteiger partial charge in [-0.3, -0.25) is 4.79 Å². The number of nitrogens with zero attached hydrogens (tertiary/aromatic N) is 3. The summed E-state index contributed by atoms with van der Waals surface area (Å²) in [5.41, 5.74) is 0.284. The summed E-state index contributed by atoms with van der Waals surface area (Å²) in [5, 5.41) is 10.6. The Morgan fingerprint density at radius 2 is 2.05 bits per heavy atom. The summed E-state index contributed by atoms with van der Waals surface area (Å²) in [4.78, 5) is 14.0. The molecule has 0 saturated carbocycles. The molecule has 0 saturated heterocycles. The van der Waals surface area contributed by atoms with E-state index in [2.05, 4.69) is 34.3 Å². The van der Waals surface area contributed by atoms with Crippen molar-refractivity contribution >= 4 is 17.5 Å². The highest BCUT2D eigenvalue weighted by atomic mass is 35.5. The van der Waals surface area contributed by atoms with Gasteiger partial charge in [0.05, 0.1) is 0 Å². The maximum atomic E-state index is 11.9. The fraction of sp³-hybridized carbons (Fsp3) is 0.615. The van der Waals surface area contributed by atoms with E-state index in [-0.39, 0.29) is 16.8 Å². The summed E-state index contributed by atoms with van der Waals surface area (Å²) >= 11 is 5.63. The predicted octanol–water partition coefficient (Wildman–Crippen LogP) is 1.84. The van der Waals surface area contributed by atoms with Crippen molar-refractivity contribution in [3.05, 3.63) is 23.0 Å². The number of amides is 1. The van der Waals surface area contributed by atoms with Crippen LogP contribution in [0.25, 0.3) is 0 Å². The van der Waals surface area contributed by atoms with Crippen LogP contribution < -0.4 is 5.32 Å². The molecular formula is C13H21ClN4O. The maximum absolute atomic E-state index is 11.9. The smallest absolute Gasteiger partial charge is 0.271 e. The minimum atomic E-state index is -0.222. The van der Waals surface area contributed by atoms with Crippen LogP contribution in [0.5, 0.6) is 0 Å². The van der Waals surface area contributed by atoms with Crippen molar-refractivity contribution in [2.24, 2.45) is 5.92 Å². The highest BCUT2D eigenvalue weighted by Crippen LogP contribution is 2.08. The standard InChI is InChI=1S/C13H21ClN4O/c1-9(2)7-10(18(3)4)8-15-13(19)11-5-6-12(14)17-16-11/h5-6,9-10H,7-8H2,1-4H3,(H,15,19). The van der Waals surface area contributed by atoms with Crippen LogP contribution in [-0.4, -0.2) is 47.7 Å². The van der Waals surface area contributed by atoms with E-state index < -0.39 is 0 Å². The van der Waals surface area contributed by atoms with Crippen molar-refractivity contribution in [1.29, 1.82) is 0 Å². The number of carbonyl (C=O) groups is 1. The number of hydrogen-bond acceptors (Lipinski definition) is 4. The highest BCUT2D eigenvalue weighted by Gasteiger charge is 2.15. The monoisotopic (exact) mass is 284 g/mol. The Morgan fingerprint density at radius 3 is 2.53 bits per heavy atom. The van der Waals surface area contributed by atoms with Crippen LogP contribution in [0, 0.1) is 5.92 Å². The zero-order valence-electron chi connectivity index (χ0n) is 11.9. The van der Waals surface area contributed by atoms with E-state index in [1.54, 1.807) is 12.1 Å². The molecule has 1 atom stereocenters. The van der Waals surface area contributed by atoms with Crippen molar-refractivity contribution in [3.63, 3.8) is 0 Å². The number of nitrogens with one attached hydrogen (secondary N) is 1. The number of aromatic nitrogens is 2. The molecule has 1 rings (SSSR count). The van der Waals surface area contributed by atoms with Crippen molar-refractivity contribution in [3.8, 4) is 0 Å². The first-order valence-electron chi connectivity index (χ1n) is 6.34. The first kappa shape index (κ1) is 15.9. The van der Waals surface area contributed by atoms with Gasteiger partial charge in [0.25, 0.3) is 5.91 Å². The fourth-order valence-electron chi connectivity index (χ4n) is 1.76. The fourth-order valence-corrected chi connectivity index (χ4v) is 1.86. The van der Waals surface area contributed by atoms with Crippen molar-refractivity contribution < 1.29 is 4.79 Å². The summed E-state index contributed by atoms with van der Waals surface area (Å²) < 4.78 is 0. The molecule has 1 heterocycles. The molecule has 0 aromatic carbocycles.